The number of thioether (sulfide) groups is 1. The van der Waals surface area contributed by atoms with Gasteiger partial charge in [-0.2, -0.15) is 11.8 Å². The summed E-state index contributed by atoms with van der Waals surface area (Å²) in [7, 11) is 0. The largest absolute Gasteiger partial charge is 0.309 e. The fourth-order valence-electron chi connectivity index (χ4n) is 2.98. The molecular weight excluding hydrogens is 250 g/mol. The molecule has 0 amide bonds. The highest BCUT2D eigenvalue weighted by Crippen LogP contribution is 2.35. The van der Waals surface area contributed by atoms with Gasteiger partial charge in [-0.3, -0.25) is 0 Å². The normalized spacial score (nSPS) is 21.3. The molecule has 1 N–H and O–H groups in total. The lowest BCUT2D eigenvalue weighted by Gasteiger charge is -2.31. The van der Waals surface area contributed by atoms with Gasteiger partial charge in [0.15, 0.2) is 0 Å². The third-order valence-corrected chi connectivity index (χ3v) is 5.26. The minimum Gasteiger partial charge on any atom is -0.309 e. The summed E-state index contributed by atoms with van der Waals surface area (Å²) in [6.45, 7) is 7.79. The van der Waals surface area contributed by atoms with E-state index in [1.54, 1.807) is 0 Å². The maximum absolute atomic E-state index is 3.79. The molecule has 2 heteroatoms. The first-order valence-corrected chi connectivity index (χ1v) is 8.68. The van der Waals surface area contributed by atoms with Crippen LogP contribution in [0.15, 0.2) is 18.2 Å². The summed E-state index contributed by atoms with van der Waals surface area (Å²) in [5.41, 5.74) is 4.27. The van der Waals surface area contributed by atoms with Crippen LogP contribution in [-0.2, 0) is 0 Å². The van der Waals surface area contributed by atoms with Gasteiger partial charge in [0, 0.05) is 11.3 Å². The van der Waals surface area contributed by atoms with Crippen molar-refractivity contribution in [3.05, 3.63) is 34.9 Å². The van der Waals surface area contributed by atoms with Gasteiger partial charge >= 0.3 is 0 Å². The van der Waals surface area contributed by atoms with Crippen LogP contribution in [0.4, 0.5) is 0 Å². The van der Waals surface area contributed by atoms with Crippen molar-refractivity contribution in [1.82, 2.24) is 5.32 Å². The van der Waals surface area contributed by atoms with Crippen molar-refractivity contribution >= 4 is 11.8 Å². The molecular formula is C17H27NS. The van der Waals surface area contributed by atoms with Crippen LogP contribution in [0.3, 0.4) is 0 Å². The summed E-state index contributed by atoms with van der Waals surface area (Å²) in [4.78, 5) is 0. The highest BCUT2D eigenvalue weighted by Gasteiger charge is 2.25. The smallest absolute Gasteiger partial charge is 0.0440 e. The number of hydrogen-bond donors (Lipinski definition) is 1. The average Bonchev–Trinajstić information content (AvgIpc) is 2.39. The molecule has 1 aliphatic heterocycles. The van der Waals surface area contributed by atoms with Gasteiger partial charge in [0.05, 0.1) is 0 Å². The molecule has 1 fully saturated rings. The minimum absolute atomic E-state index is 0.531. The van der Waals surface area contributed by atoms with Gasteiger partial charge in [0.25, 0.3) is 0 Å². The summed E-state index contributed by atoms with van der Waals surface area (Å²) in [6, 6.07) is 7.54. The Labute approximate surface area is 122 Å². The maximum Gasteiger partial charge on any atom is 0.0440 e. The van der Waals surface area contributed by atoms with Crippen LogP contribution in [0.2, 0.25) is 0 Å². The highest BCUT2D eigenvalue weighted by molar-refractivity contribution is 8.00. The Morgan fingerprint density at radius 2 is 1.95 bits per heavy atom. The molecule has 1 nitrogen and oxygen atoms in total. The molecule has 0 bridgehead atoms. The zero-order valence-electron chi connectivity index (χ0n) is 12.5. The lowest BCUT2D eigenvalue weighted by molar-refractivity contribution is 0.479. The number of hydrogen-bond acceptors (Lipinski definition) is 2. The molecule has 2 unspecified atom stereocenters. The Balaban J connectivity index is 2.19. The fraction of sp³-hybridized carbons (Fsp3) is 0.647. The van der Waals surface area contributed by atoms with Crippen LogP contribution in [0.25, 0.3) is 0 Å². The second-order valence-corrected chi connectivity index (χ2v) is 7.10. The van der Waals surface area contributed by atoms with Gasteiger partial charge in [-0.25, -0.2) is 0 Å². The highest BCUT2D eigenvalue weighted by atomic mass is 32.2. The molecule has 0 spiro atoms. The summed E-state index contributed by atoms with van der Waals surface area (Å²) in [5.74, 6) is 1.33. The van der Waals surface area contributed by atoms with Gasteiger partial charge in [-0.15, -0.1) is 0 Å². The van der Waals surface area contributed by atoms with Crippen LogP contribution in [-0.4, -0.2) is 17.5 Å². The van der Waals surface area contributed by atoms with E-state index in [0.717, 1.165) is 11.8 Å². The van der Waals surface area contributed by atoms with E-state index in [-0.39, 0.29) is 0 Å². The van der Waals surface area contributed by atoms with Gasteiger partial charge in [0.1, 0.15) is 0 Å². The summed E-state index contributed by atoms with van der Waals surface area (Å²) in [6.07, 6.45) is 5.36. The minimum atomic E-state index is 0.531. The lowest BCUT2D eigenvalue weighted by atomic mass is 9.96. The summed E-state index contributed by atoms with van der Waals surface area (Å²) < 4.78 is 0. The molecule has 2 atom stereocenters. The van der Waals surface area contributed by atoms with E-state index in [2.05, 4.69) is 56.0 Å². The van der Waals surface area contributed by atoms with E-state index >= 15 is 0 Å². The fourth-order valence-corrected chi connectivity index (χ4v) is 4.43. The zero-order chi connectivity index (χ0) is 13.7. The van der Waals surface area contributed by atoms with Gasteiger partial charge in [-0.05, 0) is 51.0 Å². The van der Waals surface area contributed by atoms with E-state index in [4.69, 9.17) is 0 Å². The van der Waals surface area contributed by atoms with E-state index in [1.165, 1.54) is 48.1 Å². The Hall–Kier alpha value is -0.470. The van der Waals surface area contributed by atoms with Crippen LogP contribution in [0.5, 0.6) is 0 Å². The van der Waals surface area contributed by atoms with E-state index < -0.39 is 0 Å². The molecule has 1 heterocycles. The van der Waals surface area contributed by atoms with Crippen LogP contribution < -0.4 is 5.32 Å². The molecule has 0 aromatic heterocycles. The SMILES string of the molecule is CCCNC(c1cc(C)cc(C)c1)C1CCCCS1. The molecule has 1 aliphatic rings. The van der Waals surface area contributed by atoms with Crippen LogP contribution in [0.1, 0.15) is 55.3 Å². The number of rotatable bonds is 5. The standard InChI is InChI=1S/C17H27NS/c1-4-8-18-17(16-7-5-6-9-19-16)15-11-13(2)10-14(3)12-15/h10-12,16-18H,4-9H2,1-3H3. The molecule has 0 aliphatic carbocycles. The predicted molar refractivity (Wildman–Crippen MR) is 87.0 cm³/mol. The number of nitrogens with one attached hydrogen (secondary N) is 1. The summed E-state index contributed by atoms with van der Waals surface area (Å²) >= 11 is 2.17. The van der Waals surface area contributed by atoms with E-state index in [1.807, 2.05) is 0 Å². The van der Waals surface area contributed by atoms with E-state index in [9.17, 15) is 0 Å². The Kier molecular flexibility index (Phi) is 5.77. The molecule has 106 valence electrons. The molecule has 19 heavy (non-hydrogen) atoms. The number of benzene rings is 1. The first-order chi connectivity index (χ1) is 9.20. The van der Waals surface area contributed by atoms with Crippen LogP contribution in [0, 0.1) is 13.8 Å². The molecule has 2 rings (SSSR count). The second-order valence-electron chi connectivity index (χ2n) is 5.76. The monoisotopic (exact) mass is 277 g/mol. The van der Waals surface area contributed by atoms with Gasteiger partial charge in [-0.1, -0.05) is 42.7 Å². The Bertz CT molecular complexity index is 376. The van der Waals surface area contributed by atoms with Crippen molar-refractivity contribution in [3.8, 4) is 0 Å². The Morgan fingerprint density at radius 1 is 1.21 bits per heavy atom. The molecule has 0 radical (unpaired) electrons. The molecule has 1 saturated heterocycles. The molecule has 0 saturated carbocycles. The first kappa shape index (κ1) is 14.9. The third kappa shape index (κ3) is 4.25. The summed E-state index contributed by atoms with van der Waals surface area (Å²) in [5, 5.41) is 4.54. The van der Waals surface area contributed by atoms with Crippen molar-refractivity contribution in [2.24, 2.45) is 0 Å². The Morgan fingerprint density at radius 3 is 2.53 bits per heavy atom. The maximum atomic E-state index is 3.79. The quantitative estimate of drug-likeness (QED) is 0.842. The van der Waals surface area contributed by atoms with Gasteiger partial charge < -0.3 is 5.32 Å². The lowest BCUT2D eigenvalue weighted by Crippen LogP contribution is -2.32. The van der Waals surface area contributed by atoms with Gasteiger partial charge in [0.2, 0.25) is 0 Å². The first-order valence-electron chi connectivity index (χ1n) is 7.64. The van der Waals surface area contributed by atoms with Crippen molar-refractivity contribution in [2.45, 2.75) is 57.7 Å². The average molecular weight is 277 g/mol. The van der Waals surface area contributed by atoms with Crippen molar-refractivity contribution in [2.75, 3.05) is 12.3 Å². The van der Waals surface area contributed by atoms with Crippen molar-refractivity contribution in [1.29, 1.82) is 0 Å². The van der Waals surface area contributed by atoms with Crippen molar-refractivity contribution < 1.29 is 0 Å². The predicted octanol–water partition coefficient (Wildman–Crippen LogP) is 4.63. The van der Waals surface area contributed by atoms with Crippen molar-refractivity contribution in [3.63, 3.8) is 0 Å². The van der Waals surface area contributed by atoms with Crippen LogP contribution >= 0.6 is 11.8 Å². The van der Waals surface area contributed by atoms with E-state index in [0.29, 0.717) is 6.04 Å². The molecule has 1 aromatic rings. The zero-order valence-corrected chi connectivity index (χ0v) is 13.4. The second kappa shape index (κ2) is 7.35. The topological polar surface area (TPSA) is 12.0 Å². The third-order valence-electron chi connectivity index (χ3n) is 3.80. The number of aryl methyl sites for hydroxylation is 2. The molecule has 1 aromatic carbocycles.